The summed E-state index contributed by atoms with van der Waals surface area (Å²) in [6.07, 6.45) is 5.67. The Bertz CT molecular complexity index is 160. The molecule has 0 bridgehead atoms. The maximum Gasteiger partial charge on any atom is 0.00853 e. The van der Waals surface area contributed by atoms with Crippen LogP contribution in [-0.2, 0) is 0 Å². The highest BCUT2D eigenvalue weighted by Gasteiger charge is 2.34. The van der Waals surface area contributed by atoms with Crippen molar-refractivity contribution in [3.05, 3.63) is 0 Å². The summed E-state index contributed by atoms with van der Waals surface area (Å²) in [5.74, 6) is 0.930. The number of rotatable bonds is 2. The van der Waals surface area contributed by atoms with Gasteiger partial charge in [-0.3, -0.25) is 0 Å². The summed E-state index contributed by atoms with van der Waals surface area (Å²) in [5.41, 5.74) is 1.11. The first-order chi connectivity index (χ1) is 5.87. The molecule has 0 aromatic heterocycles. The number of alkyl halides is 1. The van der Waals surface area contributed by atoms with Crippen molar-refractivity contribution in [2.45, 2.75) is 53.4 Å². The van der Waals surface area contributed by atoms with E-state index in [9.17, 15) is 0 Å². The number of halogens is 1. The van der Waals surface area contributed by atoms with Gasteiger partial charge in [0.15, 0.2) is 0 Å². The fourth-order valence-electron chi connectivity index (χ4n) is 2.29. The van der Waals surface area contributed by atoms with Crippen LogP contribution in [-0.4, -0.2) is 5.33 Å². The highest BCUT2D eigenvalue weighted by Crippen LogP contribution is 2.45. The van der Waals surface area contributed by atoms with E-state index in [2.05, 4.69) is 43.6 Å². The quantitative estimate of drug-likeness (QED) is 0.624. The van der Waals surface area contributed by atoms with E-state index in [0.717, 1.165) is 11.2 Å². The third kappa shape index (κ3) is 2.97. The van der Waals surface area contributed by atoms with Crippen molar-refractivity contribution in [2.24, 2.45) is 16.7 Å². The molecular weight excluding hydrogens is 224 g/mol. The Morgan fingerprint density at radius 2 is 1.69 bits per heavy atom. The molecule has 0 nitrogen and oxygen atoms in total. The summed E-state index contributed by atoms with van der Waals surface area (Å²) in [4.78, 5) is 0. The zero-order chi connectivity index (χ0) is 10.1. The fourth-order valence-corrected chi connectivity index (χ4v) is 2.75. The summed E-state index contributed by atoms with van der Waals surface area (Å²) in [5, 5.41) is 1.14. The third-order valence-electron chi connectivity index (χ3n) is 3.79. The third-order valence-corrected chi connectivity index (χ3v) is 5.23. The molecule has 0 aromatic rings. The van der Waals surface area contributed by atoms with Crippen molar-refractivity contribution >= 4 is 15.9 Å². The summed E-state index contributed by atoms with van der Waals surface area (Å²) in [6, 6.07) is 0. The van der Waals surface area contributed by atoms with Crippen LogP contribution in [0.5, 0.6) is 0 Å². The predicted molar refractivity (Wildman–Crippen MR) is 63.3 cm³/mol. The van der Waals surface area contributed by atoms with Crippen molar-refractivity contribution in [1.29, 1.82) is 0 Å². The van der Waals surface area contributed by atoms with E-state index in [4.69, 9.17) is 0 Å². The van der Waals surface area contributed by atoms with E-state index < -0.39 is 0 Å². The summed E-state index contributed by atoms with van der Waals surface area (Å²) in [6.45, 7) is 9.60. The Morgan fingerprint density at radius 1 is 1.23 bits per heavy atom. The molecule has 0 aromatic carbocycles. The Balaban J connectivity index is 2.50. The zero-order valence-electron chi connectivity index (χ0n) is 9.49. The molecule has 0 N–H and O–H groups in total. The van der Waals surface area contributed by atoms with E-state index in [1.807, 2.05) is 0 Å². The number of hydrogen-bond donors (Lipinski definition) is 0. The average Bonchev–Trinajstić information content (AvgIpc) is 2.04. The lowest BCUT2D eigenvalue weighted by Gasteiger charge is -2.41. The molecule has 0 saturated heterocycles. The minimum Gasteiger partial charge on any atom is -0.0922 e. The summed E-state index contributed by atoms with van der Waals surface area (Å²) in [7, 11) is 0. The molecule has 0 unspecified atom stereocenters. The van der Waals surface area contributed by atoms with Gasteiger partial charge in [0.1, 0.15) is 0 Å². The average molecular weight is 247 g/mol. The van der Waals surface area contributed by atoms with Crippen LogP contribution in [0.4, 0.5) is 0 Å². The van der Waals surface area contributed by atoms with Gasteiger partial charge in [-0.1, -0.05) is 43.6 Å². The molecule has 0 aliphatic heterocycles. The van der Waals surface area contributed by atoms with Crippen LogP contribution in [0.15, 0.2) is 0 Å². The largest absolute Gasteiger partial charge is 0.0922 e. The predicted octanol–water partition coefficient (Wildman–Crippen LogP) is 4.62. The van der Waals surface area contributed by atoms with Gasteiger partial charge >= 0.3 is 0 Å². The van der Waals surface area contributed by atoms with Gasteiger partial charge in [-0.15, -0.1) is 0 Å². The molecular formula is C12H23Br. The van der Waals surface area contributed by atoms with Gasteiger partial charge in [-0.2, -0.15) is 0 Å². The second kappa shape index (κ2) is 3.92. The molecule has 0 atom stereocenters. The van der Waals surface area contributed by atoms with E-state index in [-0.39, 0.29) is 0 Å². The molecule has 1 fully saturated rings. The molecule has 1 rings (SSSR count). The molecule has 13 heavy (non-hydrogen) atoms. The van der Waals surface area contributed by atoms with Crippen molar-refractivity contribution < 1.29 is 0 Å². The van der Waals surface area contributed by atoms with Gasteiger partial charge < -0.3 is 0 Å². The lowest BCUT2D eigenvalue weighted by molar-refractivity contribution is 0.115. The van der Waals surface area contributed by atoms with Gasteiger partial charge in [0.2, 0.25) is 0 Å². The van der Waals surface area contributed by atoms with Crippen LogP contribution >= 0.6 is 15.9 Å². The van der Waals surface area contributed by atoms with Crippen molar-refractivity contribution in [2.75, 3.05) is 5.33 Å². The SMILES string of the molecule is CC1(C)CCC(C(C)(C)CBr)CC1. The van der Waals surface area contributed by atoms with Gasteiger partial charge in [-0.25, -0.2) is 0 Å². The smallest absolute Gasteiger partial charge is 0.00853 e. The molecule has 1 saturated carbocycles. The number of hydrogen-bond acceptors (Lipinski definition) is 0. The second-order valence-corrected chi connectivity index (χ2v) is 6.62. The normalized spacial score (nSPS) is 24.7. The molecule has 0 heterocycles. The highest BCUT2D eigenvalue weighted by atomic mass is 79.9. The van der Waals surface area contributed by atoms with E-state index in [0.29, 0.717) is 10.8 Å². The Labute approximate surface area is 91.6 Å². The Kier molecular flexibility index (Phi) is 3.49. The first kappa shape index (κ1) is 11.6. The lowest BCUT2D eigenvalue weighted by Crippen LogP contribution is -2.32. The molecule has 0 radical (unpaired) electrons. The Hall–Kier alpha value is 0.480. The second-order valence-electron chi connectivity index (χ2n) is 6.06. The maximum atomic E-state index is 3.63. The maximum absolute atomic E-state index is 3.63. The lowest BCUT2D eigenvalue weighted by atomic mass is 9.65. The van der Waals surface area contributed by atoms with Crippen LogP contribution in [0.2, 0.25) is 0 Å². The fraction of sp³-hybridized carbons (Fsp3) is 1.00. The minimum absolute atomic E-state index is 0.497. The zero-order valence-corrected chi connectivity index (χ0v) is 11.1. The molecule has 1 heteroatoms. The van der Waals surface area contributed by atoms with Crippen molar-refractivity contribution in [3.8, 4) is 0 Å². The van der Waals surface area contributed by atoms with Crippen molar-refractivity contribution in [3.63, 3.8) is 0 Å². The van der Waals surface area contributed by atoms with Crippen LogP contribution < -0.4 is 0 Å². The van der Waals surface area contributed by atoms with Crippen LogP contribution in [0.1, 0.15) is 53.4 Å². The van der Waals surface area contributed by atoms with Crippen LogP contribution in [0, 0.1) is 16.7 Å². The van der Waals surface area contributed by atoms with Gasteiger partial charge in [0.25, 0.3) is 0 Å². The Morgan fingerprint density at radius 3 is 2.08 bits per heavy atom. The van der Waals surface area contributed by atoms with Crippen LogP contribution in [0.25, 0.3) is 0 Å². The molecule has 0 spiro atoms. The van der Waals surface area contributed by atoms with Gasteiger partial charge in [0, 0.05) is 5.33 Å². The first-order valence-electron chi connectivity index (χ1n) is 5.43. The first-order valence-corrected chi connectivity index (χ1v) is 6.55. The molecule has 1 aliphatic carbocycles. The van der Waals surface area contributed by atoms with Gasteiger partial charge in [-0.05, 0) is 42.4 Å². The topological polar surface area (TPSA) is 0 Å². The molecule has 78 valence electrons. The van der Waals surface area contributed by atoms with Gasteiger partial charge in [0.05, 0.1) is 0 Å². The van der Waals surface area contributed by atoms with E-state index >= 15 is 0 Å². The molecule has 0 amide bonds. The van der Waals surface area contributed by atoms with Crippen molar-refractivity contribution in [1.82, 2.24) is 0 Å². The van der Waals surface area contributed by atoms with Crippen LogP contribution in [0.3, 0.4) is 0 Å². The molecule has 1 aliphatic rings. The van der Waals surface area contributed by atoms with E-state index in [1.165, 1.54) is 25.7 Å². The van der Waals surface area contributed by atoms with E-state index in [1.54, 1.807) is 0 Å². The summed E-state index contributed by atoms with van der Waals surface area (Å²) < 4.78 is 0. The summed E-state index contributed by atoms with van der Waals surface area (Å²) >= 11 is 3.63. The monoisotopic (exact) mass is 246 g/mol. The minimum atomic E-state index is 0.497. The standard InChI is InChI=1S/C12H23Br/c1-11(2)7-5-10(6-8-11)12(3,4)9-13/h10H,5-9H2,1-4H3. The highest BCUT2D eigenvalue weighted by molar-refractivity contribution is 9.09.